The zero-order valence-corrected chi connectivity index (χ0v) is 7.48. The van der Waals surface area contributed by atoms with Crippen LogP contribution in [0.5, 0.6) is 0 Å². The predicted octanol–water partition coefficient (Wildman–Crippen LogP) is 2.65. The van der Waals surface area contributed by atoms with Crippen LogP contribution in [0.4, 0.5) is 0 Å². The minimum atomic E-state index is 0.250. The first kappa shape index (κ1) is 9.67. The third-order valence-electron chi connectivity index (χ3n) is 2.00. The van der Waals surface area contributed by atoms with Gasteiger partial charge in [0.1, 0.15) is 5.78 Å². The van der Waals surface area contributed by atoms with E-state index >= 15 is 0 Å². The molecular weight excluding hydrogens is 124 g/mol. The van der Waals surface area contributed by atoms with E-state index in [0.717, 1.165) is 12.8 Å². The van der Waals surface area contributed by atoms with Crippen LogP contribution in [-0.2, 0) is 4.79 Å². The number of rotatable bonds is 4. The summed E-state index contributed by atoms with van der Waals surface area (Å²) in [5.41, 5.74) is 0. The van der Waals surface area contributed by atoms with Crippen LogP contribution in [-0.4, -0.2) is 5.78 Å². The minimum absolute atomic E-state index is 0.250. The number of hydrogen-bond acceptors (Lipinski definition) is 1. The fourth-order valence-electron chi connectivity index (χ4n) is 0.846. The second-order valence-corrected chi connectivity index (χ2v) is 3.25. The second kappa shape index (κ2) is 4.48. The summed E-state index contributed by atoms with van der Waals surface area (Å²) >= 11 is 0. The number of hydrogen-bond donors (Lipinski definition) is 0. The fraction of sp³-hybridized carbons (Fsp3) is 0.889. The van der Waals surface area contributed by atoms with Gasteiger partial charge < -0.3 is 0 Å². The Hall–Kier alpha value is -0.330. The van der Waals surface area contributed by atoms with Crippen LogP contribution < -0.4 is 0 Å². The summed E-state index contributed by atoms with van der Waals surface area (Å²) < 4.78 is 0. The van der Waals surface area contributed by atoms with Crippen molar-refractivity contribution in [2.75, 3.05) is 0 Å². The summed E-state index contributed by atoms with van der Waals surface area (Å²) in [7, 11) is 0. The Morgan fingerprint density at radius 2 is 1.80 bits per heavy atom. The molecule has 0 N–H and O–H groups in total. The largest absolute Gasteiger partial charge is 0.299 e. The van der Waals surface area contributed by atoms with Gasteiger partial charge in [0.15, 0.2) is 0 Å². The van der Waals surface area contributed by atoms with Gasteiger partial charge >= 0.3 is 0 Å². The van der Waals surface area contributed by atoms with E-state index in [1.54, 1.807) is 0 Å². The summed E-state index contributed by atoms with van der Waals surface area (Å²) in [4.78, 5) is 11.2. The molecule has 0 aliphatic carbocycles. The van der Waals surface area contributed by atoms with E-state index in [0.29, 0.717) is 11.7 Å². The van der Waals surface area contributed by atoms with Crippen LogP contribution in [0.25, 0.3) is 0 Å². The van der Waals surface area contributed by atoms with Gasteiger partial charge in [-0.15, -0.1) is 0 Å². The molecule has 0 aromatic rings. The average Bonchev–Trinajstić information content (AvgIpc) is 1.87. The van der Waals surface area contributed by atoms with Gasteiger partial charge in [0.05, 0.1) is 0 Å². The molecule has 1 nitrogen and oxygen atoms in total. The Morgan fingerprint density at radius 1 is 1.30 bits per heavy atom. The molecule has 1 heteroatoms. The molecule has 0 amide bonds. The van der Waals surface area contributed by atoms with Crippen molar-refractivity contribution in [3.63, 3.8) is 0 Å². The van der Waals surface area contributed by atoms with E-state index < -0.39 is 0 Å². The maximum absolute atomic E-state index is 11.2. The lowest BCUT2D eigenvalue weighted by atomic mass is 9.91. The molecule has 0 saturated carbocycles. The molecule has 0 fully saturated rings. The number of carbonyl (C=O) groups is 1. The molecule has 0 heterocycles. The smallest absolute Gasteiger partial charge is 0.135 e. The van der Waals surface area contributed by atoms with Crippen LogP contribution in [0, 0.1) is 11.8 Å². The summed E-state index contributed by atoms with van der Waals surface area (Å²) in [6, 6.07) is 0. The molecule has 0 spiro atoms. The van der Waals surface area contributed by atoms with Gasteiger partial charge in [0.25, 0.3) is 0 Å². The van der Waals surface area contributed by atoms with E-state index in [-0.39, 0.29) is 5.92 Å². The highest BCUT2D eigenvalue weighted by Crippen LogP contribution is 2.13. The van der Waals surface area contributed by atoms with Gasteiger partial charge in [0.2, 0.25) is 0 Å². The molecule has 0 aliphatic heterocycles. The van der Waals surface area contributed by atoms with Crippen molar-refractivity contribution >= 4 is 5.78 Å². The lowest BCUT2D eigenvalue weighted by Gasteiger charge is -2.12. The highest BCUT2D eigenvalue weighted by molar-refractivity contribution is 5.80. The molecule has 0 unspecified atom stereocenters. The summed E-state index contributed by atoms with van der Waals surface area (Å²) in [5, 5.41) is 0. The van der Waals surface area contributed by atoms with Crippen molar-refractivity contribution in [2.45, 2.75) is 40.5 Å². The first-order valence-electron chi connectivity index (χ1n) is 4.12. The lowest BCUT2D eigenvalue weighted by molar-refractivity contribution is -0.123. The quantitative estimate of drug-likeness (QED) is 0.589. The maximum atomic E-state index is 11.2. The van der Waals surface area contributed by atoms with Gasteiger partial charge in [-0.05, 0) is 12.3 Å². The number of ketones is 1. The molecule has 0 rings (SSSR count). The normalized spacial score (nSPS) is 13.7. The average molecular weight is 142 g/mol. The minimum Gasteiger partial charge on any atom is -0.299 e. The molecule has 1 atom stereocenters. The van der Waals surface area contributed by atoms with Crippen LogP contribution in [0.1, 0.15) is 40.5 Å². The van der Waals surface area contributed by atoms with Gasteiger partial charge in [-0.25, -0.2) is 0 Å². The third kappa shape index (κ3) is 3.00. The first-order chi connectivity index (χ1) is 4.59. The van der Waals surface area contributed by atoms with Gasteiger partial charge in [0, 0.05) is 12.3 Å². The number of Topliss-reactive ketones (excluding diaryl/α,β-unsaturated/α-hetero) is 1. The van der Waals surface area contributed by atoms with Crippen molar-refractivity contribution in [1.29, 1.82) is 0 Å². The topological polar surface area (TPSA) is 17.1 Å². The van der Waals surface area contributed by atoms with E-state index in [4.69, 9.17) is 0 Å². The molecule has 0 saturated heterocycles. The van der Waals surface area contributed by atoms with Crippen LogP contribution in [0.2, 0.25) is 0 Å². The highest BCUT2D eigenvalue weighted by Gasteiger charge is 2.14. The standard InChI is InChI=1S/C9H18O/c1-5-6-9(10)8(4)7(2)3/h7-8H,5-6H2,1-4H3/t8-/m1/s1. The summed E-state index contributed by atoms with van der Waals surface area (Å²) in [5.74, 6) is 1.16. The summed E-state index contributed by atoms with van der Waals surface area (Å²) in [6.07, 6.45) is 1.73. The molecule has 10 heavy (non-hydrogen) atoms. The molecule has 0 aromatic heterocycles. The number of carbonyl (C=O) groups excluding carboxylic acids is 1. The molecule has 0 aliphatic rings. The van der Waals surface area contributed by atoms with E-state index in [9.17, 15) is 4.79 Å². The SMILES string of the molecule is CCCC(=O)[C@H](C)C(C)C. The Labute approximate surface area is 63.8 Å². The van der Waals surface area contributed by atoms with Crippen molar-refractivity contribution in [2.24, 2.45) is 11.8 Å². The monoisotopic (exact) mass is 142 g/mol. The van der Waals surface area contributed by atoms with Gasteiger partial charge in [-0.1, -0.05) is 27.7 Å². The van der Waals surface area contributed by atoms with Crippen LogP contribution in [0.3, 0.4) is 0 Å². The molecule has 60 valence electrons. The third-order valence-corrected chi connectivity index (χ3v) is 2.00. The van der Waals surface area contributed by atoms with E-state index in [1.165, 1.54) is 0 Å². The highest BCUT2D eigenvalue weighted by atomic mass is 16.1. The van der Waals surface area contributed by atoms with Crippen molar-refractivity contribution in [3.8, 4) is 0 Å². The zero-order valence-electron chi connectivity index (χ0n) is 7.48. The Morgan fingerprint density at radius 3 is 2.10 bits per heavy atom. The first-order valence-corrected chi connectivity index (χ1v) is 4.12. The Balaban J connectivity index is 3.71. The summed E-state index contributed by atoms with van der Waals surface area (Å²) in [6.45, 7) is 8.25. The zero-order chi connectivity index (χ0) is 8.15. The van der Waals surface area contributed by atoms with Crippen molar-refractivity contribution in [1.82, 2.24) is 0 Å². The lowest BCUT2D eigenvalue weighted by Crippen LogP contribution is -2.15. The van der Waals surface area contributed by atoms with Crippen molar-refractivity contribution < 1.29 is 4.79 Å². The van der Waals surface area contributed by atoms with Gasteiger partial charge in [-0.2, -0.15) is 0 Å². The van der Waals surface area contributed by atoms with Gasteiger partial charge in [-0.3, -0.25) is 4.79 Å². The van der Waals surface area contributed by atoms with Crippen molar-refractivity contribution in [3.05, 3.63) is 0 Å². The maximum Gasteiger partial charge on any atom is 0.135 e. The molecular formula is C9H18O. The Kier molecular flexibility index (Phi) is 4.33. The fourth-order valence-corrected chi connectivity index (χ4v) is 0.846. The van der Waals surface area contributed by atoms with Crippen LogP contribution >= 0.6 is 0 Å². The van der Waals surface area contributed by atoms with E-state index in [1.807, 2.05) is 13.8 Å². The predicted molar refractivity (Wildman–Crippen MR) is 43.9 cm³/mol. The Bertz CT molecular complexity index is 105. The molecule has 0 bridgehead atoms. The van der Waals surface area contributed by atoms with E-state index in [2.05, 4.69) is 13.8 Å². The molecule has 0 aromatic carbocycles. The second-order valence-electron chi connectivity index (χ2n) is 3.25. The van der Waals surface area contributed by atoms with Crippen LogP contribution in [0.15, 0.2) is 0 Å². The molecule has 0 radical (unpaired) electrons.